The van der Waals surface area contributed by atoms with E-state index in [1.807, 2.05) is 6.92 Å². The number of ether oxygens (including phenoxy) is 1. The van der Waals surface area contributed by atoms with Gasteiger partial charge in [0.25, 0.3) is 0 Å². The number of urea groups is 1. The summed E-state index contributed by atoms with van der Waals surface area (Å²) in [6.07, 6.45) is 2.21. The third kappa shape index (κ3) is 5.21. The predicted molar refractivity (Wildman–Crippen MR) is 82.1 cm³/mol. The van der Waals surface area contributed by atoms with Crippen molar-refractivity contribution in [2.45, 2.75) is 32.2 Å². The number of benzene rings is 1. The number of carbonyl (C=O) groups excluding carboxylic acids is 2. The smallest absolute Gasteiger partial charge is 0.312 e. The lowest BCUT2D eigenvalue weighted by molar-refractivity contribution is -0.118. The first kappa shape index (κ1) is 16.6. The van der Waals surface area contributed by atoms with Crippen molar-refractivity contribution in [3.63, 3.8) is 0 Å². The first-order valence-electron chi connectivity index (χ1n) is 6.78. The molecule has 7 nitrogen and oxygen atoms in total. The fourth-order valence-corrected chi connectivity index (χ4v) is 1.84. The molecular weight excluding hydrogens is 272 g/mol. The van der Waals surface area contributed by atoms with Crippen LogP contribution in [0.1, 0.15) is 26.2 Å². The van der Waals surface area contributed by atoms with Gasteiger partial charge in [-0.15, -0.1) is 0 Å². The first-order valence-corrected chi connectivity index (χ1v) is 6.78. The van der Waals surface area contributed by atoms with Crippen molar-refractivity contribution in [1.29, 1.82) is 0 Å². The van der Waals surface area contributed by atoms with Crippen LogP contribution < -0.4 is 26.8 Å². The zero-order valence-electron chi connectivity index (χ0n) is 12.3. The minimum atomic E-state index is -0.732. The van der Waals surface area contributed by atoms with Gasteiger partial charge < -0.3 is 26.8 Å². The summed E-state index contributed by atoms with van der Waals surface area (Å²) in [6, 6.07) is 3.53. The van der Waals surface area contributed by atoms with Gasteiger partial charge in [-0.2, -0.15) is 0 Å². The van der Waals surface area contributed by atoms with Crippen molar-refractivity contribution >= 4 is 23.3 Å². The number of hydrogen-bond acceptors (Lipinski definition) is 4. The summed E-state index contributed by atoms with van der Waals surface area (Å²) in [5.74, 6) is 0.217. The fraction of sp³-hybridized carbons (Fsp3) is 0.429. The Bertz CT molecular complexity index is 505. The Balaban J connectivity index is 2.82. The van der Waals surface area contributed by atoms with Crippen LogP contribution >= 0.6 is 0 Å². The highest BCUT2D eigenvalue weighted by atomic mass is 16.5. The maximum absolute atomic E-state index is 12.2. The Morgan fingerprint density at radius 2 is 2.10 bits per heavy atom. The number of nitrogens with one attached hydrogen (secondary N) is 2. The van der Waals surface area contributed by atoms with E-state index in [0.29, 0.717) is 23.5 Å². The number of hydrogen-bond donors (Lipinski definition) is 4. The van der Waals surface area contributed by atoms with Gasteiger partial charge in [-0.3, -0.25) is 4.79 Å². The zero-order chi connectivity index (χ0) is 15.8. The molecule has 1 rings (SSSR count). The molecule has 1 atom stereocenters. The van der Waals surface area contributed by atoms with Crippen molar-refractivity contribution in [3.05, 3.63) is 18.2 Å². The number of nitrogens with two attached hydrogens (primary N) is 2. The molecule has 0 bridgehead atoms. The third-order valence-corrected chi connectivity index (χ3v) is 3.00. The molecule has 1 aromatic rings. The SMILES string of the molecule is CCCCC(NC(N)=O)C(=O)Nc1cc(OC)ccc1N. The number of unbranched alkanes of at least 4 members (excludes halogenated alkanes) is 1. The van der Waals surface area contributed by atoms with Crippen molar-refractivity contribution in [2.75, 3.05) is 18.2 Å². The molecule has 0 saturated carbocycles. The normalized spacial score (nSPS) is 11.5. The summed E-state index contributed by atoms with van der Waals surface area (Å²) in [4.78, 5) is 23.2. The Morgan fingerprint density at radius 3 is 2.67 bits per heavy atom. The Hall–Kier alpha value is -2.44. The summed E-state index contributed by atoms with van der Waals surface area (Å²) in [7, 11) is 1.52. The van der Waals surface area contributed by atoms with Crippen LogP contribution in [0.5, 0.6) is 5.75 Å². The predicted octanol–water partition coefficient (Wildman–Crippen LogP) is 1.44. The van der Waals surface area contributed by atoms with Gasteiger partial charge in [-0.1, -0.05) is 19.8 Å². The molecule has 0 aliphatic carbocycles. The molecule has 21 heavy (non-hydrogen) atoms. The third-order valence-electron chi connectivity index (χ3n) is 3.00. The number of rotatable bonds is 7. The van der Waals surface area contributed by atoms with E-state index < -0.39 is 12.1 Å². The Labute approximate surface area is 124 Å². The van der Waals surface area contributed by atoms with E-state index in [2.05, 4.69) is 10.6 Å². The summed E-state index contributed by atoms with van der Waals surface area (Å²) in [5, 5.41) is 5.12. The molecule has 1 unspecified atom stereocenters. The van der Waals surface area contributed by atoms with Gasteiger partial charge in [0.05, 0.1) is 18.5 Å². The van der Waals surface area contributed by atoms with Gasteiger partial charge in [-0.25, -0.2) is 4.79 Å². The average Bonchev–Trinajstić information content (AvgIpc) is 2.45. The Morgan fingerprint density at radius 1 is 1.38 bits per heavy atom. The number of amides is 3. The molecule has 3 amide bonds. The molecule has 1 aromatic carbocycles. The van der Waals surface area contributed by atoms with Gasteiger partial charge in [0.15, 0.2) is 0 Å². The van der Waals surface area contributed by atoms with E-state index in [4.69, 9.17) is 16.2 Å². The lowest BCUT2D eigenvalue weighted by atomic mass is 10.1. The van der Waals surface area contributed by atoms with E-state index in [0.717, 1.165) is 12.8 Å². The lowest BCUT2D eigenvalue weighted by Gasteiger charge is -2.18. The van der Waals surface area contributed by atoms with Crippen LogP contribution in [-0.4, -0.2) is 25.1 Å². The minimum Gasteiger partial charge on any atom is -0.497 e. The van der Waals surface area contributed by atoms with E-state index in [-0.39, 0.29) is 5.91 Å². The molecule has 0 aromatic heterocycles. The topological polar surface area (TPSA) is 119 Å². The van der Waals surface area contributed by atoms with Crippen LogP contribution in [0.3, 0.4) is 0 Å². The number of nitrogen functional groups attached to an aromatic ring is 1. The van der Waals surface area contributed by atoms with Gasteiger partial charge in [-0.05, 0) is 18.6 Å². The van der Waals surface area contributed by atoms with Crippen LogP contribution in [0.25, 0.3) is 0 Å². The summed E-state index contributed by atoms with van der Waals surface area (Å²) in [6.45, 7) is 2.00. The second-order valence-electron chi connectivity index (χ2n) is 4.65. The van der Waals surface area contributed by atoms with E-state index in [1.54, 1.807) is 18.2 Å². The number of anilines is 2. The molecule has 0 fully saturated rings. The summed E-state index contributed by atoms with van der Waals surface area (Å²) in [5.41, 5.74) is 11.8. The Kier molecular flexibility index (Phi) is 6.32. The number of carbonyl (C=O) groups is 2. The molecule has 0 aliphatic heterocycles. The molecule has 6 N–H and O–H groups in total. The highest BCUT2D eigenvalue weighted by Gasteiger charge is 2.20. The molecule has 7 heteroatoms. The van der Waals surface area contributed by atoms with Crippen LogP contribution in [0.4, 0.5) is 16.2 Å². The standard InChI is InChI=1S/C14H22N4O3/c1-3-4-5-11(18-14(16)20)13(19)17-12-8-9(21-2)6-7-10(12)15/h6-8,11H,3-5,15H2,1-2H3,(H,17,19)(H3,16,18,20). The largest absolute Gasteiger partial charge is 0.497 e. The minimum absolute atomic E-state index is 0.359. The molecule has 0 radical (unpaired) electrons. The molecule has 0 spiro atoms. The van der Waals surface area contributed by atoms with Crippen molar-refractivity contribution in [1.82, 2.24) is 5.32 Å². The second kappa shape index (κ2) is 7.98. The van der Waals surface area contributed by atoms with Gasteiger partial charge >= 0.3 is 6.03 Å². The number of methoxy groups -OCH3 is 1. The lowest BCUT2D eigenvalue weighted by Crippen LogP contribution is -2.46. The van der Waals surface area contributed by atoms with E-state index >= 15 is 0 Å². The monoisotopic (exact) mass is 294 g/mol. The van der Waals surface area contributed by atoms with E-state index in [1.165, 1.54) is 7.11 Å². The van der Waals surface area contributed by atoms with Crippen LogP contribution in [0, 0.1) is 0 Å². The van der Waals surface area contributed by atoms with Crippen LogP contribution in [0.2, 0.25) is 0 Å². The fourth-order valence-electron chi connectivity index (χ4n) is 1.84. The van der Waals surface area contributed by atoms with Crippen molar-refractivity contribution < 1.29 is 14.3 Å². The molecule has 116 valence electrons. The van der Waals surface area contributed by atoms with Crippen molar-refractivity contribution in [3.8, 4) is 5.75 Å². The molecule has 0 aliphatic rings. The zero-order valence-corrected chi connectivity index (χ0v) is 12.3. The van der Waals surface area contributed by atoms with Crippen LogP contribution in [0.15, 0.2) is 18.2 Å². The highest BCUT2D eigenvalue weighted by molar-refractivity contribution is 5.99. The molecular formula is C14H22N4O3. The van der Waals surface area contributed by atoms with Crippen molar-refractivity contribution in [2.24, 2.45) is 5.73 Å². The van der Waals surface area contributed by atoms with Gasteiger partial charge in [0.1, 0.15) is 11.8 Å². The molecule has 0 saturated heterocycles. The van der Waals surface area contributed by atoms with Crippen LogP contribution in [-0.2, 0) is 4.79 Å². The summed E-state index contributed by atoms with van der Waals surface area (Å²) >= 11 is 0. The summed E-state index contributed by atoms with van der Waals surface area (Å²) < 4.78 is 5.08. The number of primary amides is 1. The molecule has 0 heterocycles. The second-order valence-corrected chi connectivity index (χ2v) is 4.65. The maximum Gasteiger partial charge on any atom is 0.312 e. The van der Waals surface area contributed by atoms with Gasteiger partial charge in [0.2, 0.25) is 5.91 Å². The maximum atomic E-state index is 12.2. The highest BCUT2D eigenvalue weighted by Crippen LogP contribution is 2.24. The first-order chi connectivity index (χ1) is 9.97. The average molecular weight is 294 g/mol. The van der Waals surface area contributed by atoms with E-state index in [9.17, 15) is 9.59 Å². The van der Waals surface area contributed by atoms with Gasteiger partial charge in [0, 0.05) is 6.07 Å². The quantitative estimate of drug-likeness (QED) is 0.569.